The van der Waals surface area contributed by atoms with Gasteiger partial charge >= 0.3 is 6.09 Å². The number of methoxy groups -OCH3 is 1. The Bertz CT molecular complexity index is 1020. The van der Waals surface area contributed by atoms with E-state index in [9.17, 15) is 19.5 Å². The molecule has 0 saturated carbocycles. The summed E-state index contributed by atoms with van der Waals surface area (Å²) in [5.41, 5.74) is 1.79. The number of hydrogen-bond acceptors (Lipinski definition) is 6. The van der Waals surface area contributed by atoms with Gasteiger partial charge in [-0.3, -0.25) is 9.59 Å². The van der Waals surface area contributed by atoms with E-state index in [1.165, 1.54) is 11.8 Å². The molecule has 1 aliphatic rings. The van der Waals surface area contributed by atoms with Crippen molar-refractivity contribution in [3.8, 4) is 5.69 Å². The summed E-state index contributed by atoms with van der Waals surface area (Å²) in [6.45, 7) is 6.84. The molecule has 3 rings (SSSR count). The predicted molar refractivity (Wildman–Crippen MR) is 134 cm³/mol. The second-order valence-corrected chi connectivity index (χ2v) is 9.82. The summed E-state index contributed by atoms with van der Waals surface area (Å²) in [7, 11) is 1.66. The lowest BCUT2D eigenvalue weighted by atomic mass is 9.90. The third-order valence-electron chi connectivity index (χ3n) is 6.52. The minimum absolute atomic E-state index is 0.0725. The third-order valence-corrected chi connectivity index (χ3v) is 6.52. The summed E-state index contributed by atoms with van der Waals surface area (Å²) < 4.78 is 6.89. The fourth-order valence-corrected chi connectivity index (χ4v) is 4.68. The number of carbonyl (C=O) groups excluding carboxylic acids is 2. The lowest BCUT2D eigenvalue weighted by Gasteiger charge is -2.41. The van der Waals surface area contributed by atoms with Crippen molar-refractivity contribution in [1.29, 1.82) is 0 Å². The van der Waals surface area contributed by atoms with E-state index in [4.69, 9.17) is 4.74 Å². The molecule has 0 bridgehead atoms. The first kappa shape index (κ1) is 27.3. The van der Waals surface area contributed by atoms with Crippen molar-refractivity contribution in [2.24, 2.45) is 11.8 Å². The van der Waals surface area contributed by atoms with Crippen molar-refractivity contribution >= 4 is 17.8 Å². The Kier molecular flexibility index (Phi) is 9.58. The highest BCUT2D eigenvalue weighted by Gasteiger charge is 2.38. The highest BCUT2D eigenvalue weighted by atomic mass is 16.5. The van der Waals surface area contributed by atoms with Crippen LogP contribution in [0.1, 0.15) is 56.2 Å². The molecule has 36 heavy (non-hydrogen) atoms. The van der Waals surface area contributed by atoms with Gasteiger partial charge in [0.2, 0.25) is 0 Å². The number of amides is 2. The Morgan fingerprint density at radius 2 is 1.89 bits per heavy atom. The number of piperidine rings is 1. The zero-order chi connectivity index (χ0) is 26.2. The zero-order valence-corrected chi connectivity index (χ0v) is 21.6. The van der Waals surface area contributed by atoms with Crippen molar-refractivity contribution < 1.29 is 24.2 Å². The van der Waals surface area contributed by atoms with Crippen LogP contribution in [0, 0.1) is 11.8 Å². The smallest absolute Gasteiger partial charge is 0.407 e. The van der Waals surface area contributed by atoms with Gasteiger partial charge in [0.05, 0.1) is 17.4 Å². The zero-order valence-electron chi connectivity index (χ0n) is 21.6. The molecule has 0 spiro atoms. The van der Waals surface area contributed by atoms with E-state index in [1.54, 1.807) is 16.7 Å². The number of aromatic nitrogens is 3. The molecule has 2 amide bonds. The SMILES string of the molecule is COCCCCc1c(C(=O)N(CC(C)C)[C@H]2C[C@@H](C(C)=O)CN(C(=O)O)C2)nnn1-c1ccccc1. The van der Waals surface area contributed by atoms with E-state index in [-0.39, 0.29) is 36.4 Å². The van der Waals surface area contributed by atoms with E-state index in [1.807, 2.05) is 44.2 Å². The van der Waals surface area contributed by atoms with Gasteiger partial charge in [-0.1, -0.05) is 37.3 Å². The van der Waals surface area contributed by atoms with Crippen LogP contribution in [0.4, 0.5) is 4.79 Å². The van der Waals surface area contributed by atoms with Gasteiger partial charge in [-0.25, -0.2) is 9.48 Å². The summed E-state index contributed by atoms with van der Waals surface area (Å²) in [6.07, 6.45) is 1.55. The molecule has 1 N–H and O–H groups in total. The molecule has 0 aliphatic carbocycles. The number of hydrogen-bond donors (Lipinski definition) is 1. The van der Waals surface area contributed by atoms with E-state index in [0.717, 1.165) is 18.5 Å². The number of para-hydroxylation sites is 1. The molecule has 1 aliphatic heterocycles. The van der Waals surface area contributed by atoms with Crippen molar-refractivity contribution in [2.45, 2.75) is 52.5 Å². The largest absolute Gasteiger partial charge is 0.465 e. The lowest BCUT2D eigenvalue weighted by molar-refractivity contribution is -0.122. The monoisotopic (exact) mass is 499 g/mol. The maximum Gasteiger partial charge on any atom is 0.407 e. The Morgan fingerprint density at radius 3 is 2.50 bits per heavy atom. The Hall–Kier alpha value is -3.27. The summed E-state index contributed by atoms with van der Waals surface area (Å²) in [6, 6.07) is 9.12. The number of carboxylic acid groups (broad SMARTS) is 1. The van der Waals surface area contributed by atoms with Crippen molar-refractivity contribution in [3.05, 3.63) is 41.7 Å². The van der Waals surface area contributed by atoms with Crippen LogP contribution < -0.4 is 0 Å². The molecular weight excluding hydrogens is 462 g/mol. The molecule has 10 heteroatoms. The third kappa shape index (κ3) is 6.69. The summed E-state index contributed by atoms with van der Waals surface area (Å²) in [5.74, 6) is -0.668. The molecule has 1 saturated heterocycles. The Balaban J connectivity index is 1.98. The van der Waals surface area contributed by atoms with Gasteiger partial charge in [-0.2, -0.15) is 0 Å². The second-order valence-electron chi connectivity index (χ2n) is 9.82. The molecule has 1 fully saturated rings. The van der Waals surface area contributed by atoms with Crippen LogP contribution in [0.15, 0.2) is 30.3 Å². The van der Waals surface area contributed by atoms with Crippen LogP contribution in [-0.4, -0.2) is 87.1 Å². The van der Waals surface area contributed by atoms with E-state index in [0.29, 0.717) is 31.7 Å². The topological polar surface area (TPSA) is 118 Å². The summed E-state index contributed by atoms with van der Waals surface area (Å²) in [5, 5.41) is 18.3. The fourth-order valence-electron chi connectivity index (χ4n) is 4.68. The second kappa shape index (κ2) is 12.6. The molecule has 2 aromatic rings. The number of ketones is 1. The molecule has 1 aromatic heterocycles. The maximum atomic E-state index is 14.0. The maximum absolute atomic E-state index is 14.0. The van der Waals surface area contributed by atoms with Gasteiger partial charge in [-0.15, -0.1) is 5.10 Å². The summed E-state index contributed by atoms with van der Waals surface area (Å²) >= 11 is 0. The van der Waals surface area contributed by atoms with Crippen LogP contribution in [-0.2, 0) is 16.0 Å². The highest BCUT2D eigenvalue weighted by molar-refractivity contribution is 5.94. The standard InChI is InChI=1S/C26H37N5O5/c1-18(2)15-30(22-14-20(19(3)32)16-29(17-22)26(34)35)25(33)24-23(12-8-9-13-36-4)31(28-27-24)21-10-6-5-7-11-21/h5-7,10-11,18,20,22H,8-9,12-17H2,1-4H3,(H,34,35)/t20-,22+/m1/s1. The Morgan fingerprint density at radius 1 is 1.17 bits per heavy atom. The normalized spacial score (nSPS) is 17.9. The number of nitrogens with zero attached hydrogens (tertiary/aromatic N) is 5. The van der Waals surface area contributed by atoms with Crippen LogP contribution in [0.25, 0.3) is 5.69 Å². The number of rotatable bonds is 11. The average Bonchev–Trinajstić information content (AvgIpc) is 3.28. The van der Waals surface area contributed by atoms with Gasteiger partial charge in [0, 0.05) is 39.3 Å². The molecule has 2 atom stereocenters. The highest BCUT2D eigenvalue weighted by Crippen LogP contribution is 2.26. The lowest BCUT2D eigenvalue weighted by Crippen LogP contribution is -2.55. The van der Waals surface area contributed by atoms with Crippen LogP contribution in [0.3, 0.4) is 0 Å². The van der Waals surface area contributed by atoms with Crippen molar-refractivity contribution in [3.63, 3.8) is 0 Å². The molecule has 0 unspecified atom stereocenters. The predicted octanol–water partition coefficient (Wildman–Crippen LogP) is 3.29. The van der Waals surface area contributed by atoms with Crippen molar-refractivity contribution in [2.75, 3.05) is 33.4 Å². The van der Waals surface area contributed by atoms with E-state index >= 15 is 0 Å². The Labute approximate surface area is 212 Å². The minimum Gasteiger partial charge on any atom is -0.465 e. The van der Waals surface area contributed by atoms with Crippen LogP contribution in [0.2, 0.25) is 0 Å². The first-order chi connectivity index (χ1) is 17.2. The number of benzene rings is 1. The molecule has 10 nitrogen and oxygen atoms in total. The first-order valence-electron chi connectivity index (χ1n) is 12.5. The van der Waals surface area contributed by atoms with Crippen LogP contribution in [0.5, 0.6) is 0 Å². The molecule has 0 radical (unpaired) electrons. The minimum atomic E-state index is -1.09. The van der Waals surface area contributed by atoms with Gasteiger partial charge in [0.25, 0.3) is 5.91 Å². The van der Waals surface area contributed by atoms with Gasteiger partial charge < -0.3 is 19.6 Å². The number of Topliss-reactive ketones (excluding diaryl/α,β-unsaturated/α-hetero) is 1. The average molecular weight is 500 g/mol. The van der Waals surface area contributed by atoms with Crippen molar-refractivity contribution in [1.82, 2.24) is 24.8 Å². The number of ether oxygens (including phenoxy) is 1. The molecule has 196 valence electrons. The van der Waals surface area contributed by atoms with E-state index in [2.05, 4.69) is 10.3 Å². The molecule has 2 heterocycles. The summed E-state index contributed by atoms with van der Waals surface area (Å²) in [4.78, 5) is 41.0. The number of unbranched alkanes of at least 4 members (excludes halogenated alkanes) is 1. The molecular formula is C26H37N5O5. The van der Waals surface area contributed by atoms with Gasteiger partial charge in [-0.05, 0) is 50.7 Å². The van der Waals surface area contributed by atoms with Gasteiger partial charge in [0.1, 0.15) is 5.78 Å². The van der Waals surface area contributed by atoms with Crippen LogP contribution >= 0.6 is 0 Å². The number of likely N-dealkylation sites (tertiary alicyclic amines) is 1. The number of carbonyl (C=O) groups is 3. The van der Waals surface area contributed by atoms with E-state index < -0.39 is 18.1 Å². The fraction of sp³-hybridized carbons (Fsp3) is 0.577. The quantitative estimate of drug-likeness (QED) is 0.471. The molecule has 1 aromatic carbocycles. The first-order valence-corrected chi connectivity index (χ1v) is 12.5. The van der Waals surface area contributed by atoms with Gasteiger partial charge in [0.15, 0.2) is 5.69 Å².